The molecule has 2 aromatic rings. The number of fused-ring (bicyclic) bond motifs is 1. The first kappa shape index (κ1) is 25.4. The molecule has 32 heavy (non-hydrogen) atoms. The number of nitrogens with zero attached hydrogens (tertiary/aromatic N) is 2. The topological polar surface area (TPSA) is 86.8 Å². The van der Waals surface area contributed by atoms with Gasteiger partial charge in [-0.15, -0.1) is 0 Å². The Kier molecular flexibility index (Phi) is 8.46. The van der Waals surface area contributed by atoms with Gasteiger partial charge in [-0.3, -0.25) is 9.69 Å². The molecule has 0 aliphatic heterocycles. The van der Waals surface area contributed by atoms with Crippen LogP contribution in [0, 0.1) is 0 Å². The van der Waals surface area contributed by atoms with Gasteiger partial charge in [0.15, 0.2) is 0 Å². The minimum Gasteiger partial charge on any atom is -0.443 e. The number of allylic oxidation sites excluding steroid dienone is 1. The Morgan fingerprint density at radius 3 is 2.53 bits per heavy atom. The van der Waals surface area contributed by atoms with Crippen molar-refractivity contribution >= 4 is 37.6 Å². The standard InChI is InChI=1S/C24H35N3O4Si/c1-24(2,3)31-23(29)27-21(15-19-9-7-8-10-22(19)27)12-11-20(25)16-26(17-28)18-30-13-14-32(4,5)6/h7-12,15-17H,13-14,18,25H2,1-6H3/b12-11+,20-16+. The molecular formula is C24H35N3O4Si. The zero-order chi connectivity index (χ0) is 23.9. The zero-order valence-corrected chi connectivity index (χ0v) is 20.9. The van der Waals surface area contributed by atoms with Crippen LogP contribution in [0.4, 0.5) is 4.79 Å². The Balaban J connectivity index is 2.18. The summed E-state index contributed by atoms with van der Waals surface area (Å²) in [5, 5.41) is 0.908. The maximum absolute atomic E-state index is 12.8. The van der Waals surface area contributed by atoms with Gasteiger partial charge in [-0.1, -0.05) is 37.8 Å². The largest absolute Gasteiger partial charge is 0.443 e. The van der Waals surface area contributed by atoms with Gasteiger partial charge < -0.3 is 15.2 Å². The average molecular weight is 458 g/mol. The highest BCUT2D eigenvalue weighted by atomic mass is 28.3. The summed E-state index contributed by atoms with van der Waals surface area (Å²) in [4.78, 5) is 25.6. The number of hydrogen-bond donors (Lipinski definition) is 1. The molecule has 0 unspecified atom stereocenters. The normalized spacial score (nSPS) is 13.0. The summed E-state index contributed by atoms with van der Waals surface area (Å²) < 4.78 is 12.7. The number of carbonyl (C=O) groups excluding carboxylic acids is 2. The van der Waals surface area contributed by atoms with E-state index in [2.05, 4.69) is 19.6 Å². The molecular weight excluding hydrogens is 422 g/mol. The number of benzene rings is 1. The van der Waals surface area contributed by atoms with E-state index in [1.54, 1.807) is 12.2 Å². The monoisotopic (exact) mass is 457 g/mol. The quantitative estimate of drug-likeness (QED) is 0.188. The second-order valence-electron chi connectivity index (χ2n) is 9.87. The molecule has 1 aromatic carbocycles. The molecule has 1 heterocycles. The number of para-hydroxylation sites is 1. The molecule has 0 radical (unpaired) electrons. The molecule has 8 heteroatoms. The number of carbonyl (C=O) groups is 2. The second kappa shape index (κ2) is 10.6. The van der Waals surface area contributed by atoms with Crippen LogP contribution < -0.4 is 5.73 Å². The summed E-state index contributed by atoms with van der Waals surface area (Å²) in [6.45, 7) is 13.0. The van der Waals surface area contributed by atoms with Gasteiger partial charge in [0.2, 0.25) is 6.41 Å². The summed E-state index contributed by atoms with van der Waals surface area (Å²) in [6.07, 6.45) is 5.09. The van der Waals surface area contributed by atoms with Crippen molar-refractivity contribution in [3.8, 4) is 0 Å². The van der Waals surface area contributed by atoms with Gasteiger partial charge in [0.25, 0.3) is 0 Å². The molecule has 7 nitrogen and oxygen atoms in total. The van der Waals surface area contributed by atoms with E-state index < -0.39 is 19.8 Å². The van der Waals surface area contributed by atoms with Crippen molar-refractivity contribution in [1.82, 2.24) is 9.47 Å². The maximum atomic E-state index is 12.8. The third-order valence-corrected chi connectivity index (χ3v) is 6.15. The van der Waals surface area contributed by atoms with Crippen LogP contribution in [0.2, 0.25) is 25.7 Å². The van der Waals surface area contributed by atoms with Crippen molar-refractivity contribution in [2.75, 3.05) is 13.3 Å². The van der Waals surface area contributed by atoms with Crippen LogP contribution in [0.1, 0.15) is 26.5 Å². The Labute approximate surface area is 191 Å². The molecule has 0 atom stereocenters. The Hall–Kier alpha value is -2.84. The Morgan fingerprint density at radius 2 is 1.91 bits per heavy atom. The molecule has 0 fully saturated rings. The lowest BCUT2D eigenvalue weighted by atomic mass is 10.2. The van der Waals surface area contributed by atoms with Crippen LogP contribution in [0.5, 0.6) is 0 Å². The van der Waals surface area contributed by atoms with Crippen LogP contribution in [-0.4, -0.2) is 49.0 Å². The minimum absolute atomic E-state index is 0.140. The third kappa shape index (κ3) is 8.01. The molecule has 0 saturated carbocycles. The fourth-order valence-electron chi connectivity index (χ4n) is 2.87. The van der Waals surface area contributed by atoms with Crippen molar-refractivity contribution in [2.24, 2.45) is 5.73 Å². The number of hydrogen-bond acceptors (Lipinski definition) is 5. The van der Waals surface area contributed by atoms with E-state index in [0.29, 0.717) is 24.4 Å². The van der Waals surface area contributed by atoms with Gasteiger partial charge in [0, 0.05) is 32.0 Å². The number of aromatic nitrogens is 1. The zero-order valence-electron chi connectivity index (χ0n) is 19.9. The van der Waals surface area contributed by atoms with Crippen LogP contribution in [0.3, 0.4) is 0 Å². The molecule has 1 amide bonds. The van der Waals surface area contributed by atoms with Crippen LogP contribution in [0.15, 0.2) is 48.3 Å². The molecule has 2 rings (SSSR count). The van der Waals surface area contributed by atoms with Gasteiger partial charge in [-0.2, -0.15) is 0 Å². The average Bonchev–Trinajstić information content (AvgIpc) is 3.05. The molecule has 1 aromatic heterocycles. The highest BCUT2D eigenvalue weighted by Crippen LogP contribution is 2.23. The van der Waals surface area contributed by atoms with Gasteiger partial charge in [-0.25, -0.2) is 9.36 Å². The first-order valence-electron chi connectivity index (χ1n) is 10.7. The molecule has 0 aliphatic rings. The number of nitrogens with two attached hydrogens (primary N) is 1. The molecule has 174 valence electrons. The maximum Gasteiger partial charge on any atom is 0.419 e. The molecule has 0 saturated heterocycles. The third-order valence-electron chi connectivity index (χ3n) is 4.45. The van der Waals surface area contributed by atoms with Gasteiger partial charge in [-0.05, 0) is 51.1 Å². The number of ether oxygens (including phenoxy) is 2. The predicted molar refractivity (Wildman–Crippen MR) is 132 cm³/mol. The van der Waals surface area contributed by atoms with Crippen molar-refractivity contribution in [3.63, 3.8) is 0 Å². The highest BCUT2D eigenvalue weighted by Gasteiger charge is 2.21. The predicted octanol–water partition coefficient (Wildman–Crippen LogP) is 5.01. The Morgan fingerprint density at radius 1 is 1.22 bits per heavy atom. The van der Waals surface area contributed by atoms with E-state index in [0.717, 1.165) is 16.9 Å². The smallest absolute Gasteiger partial charge is 0.419 e. The first-order valence-corrected chi connectivity index (χ1v) is 14.4. The lowest BCUT2D eigenvalue weighted by molar-refractivity contribution is -0.119. The summed E-state index contributed by atoms with van der Waals surface area (Å²) in [5.74, 6) is 0. The molecule has 0 spiro atoms. The number of amides is 1. The molecule has 0 aliphatic carbocycles. The van der Waals surface area contributed by atoms with E-state index in [1.807, 2.05) is 51.1 Å². The SMILES string of the molecule is CC(C)(C)OC(=O)n1c(/C=C/C(N)=C\N(C=O)COCC[Si](C)(C)C)cc2ccccc21. The second-order valence-corrected chi connectivity index (χ2v) is 15.5. The van der Waals surface area contributed by atoms with Crippen molar-refractivity contribution in [3.05, 3.63) is 54.0 Å². The molecule has 2 N–H and O–H groups in total. The van der Waals surface area contributed by atoms with Gasteiger partial charge >= 0.3 is 6.09 Å². The fraction of sp³-hybridized carbons (Fsp3) is 0.417. The van der Waals surface area contributed by atoms with Crippen LogP contribution >= 0.6 is 0 Å². The van der Waals surface area contributed by atoms with E-state index in [-0.39, 0.29) is 6.73 Å². The van der Waals surface area contributed by atoms with Crippen molar-refractivity contribution in [2.45, 2.75) is 52.1 Å². The van der Waals surface area contributed by atoms with E-state index in [9.17, 15) is 9.59 Å². The van der Waals surface area contributed by atoms with Crippen molar-refractivity contribution in [1.29, 1.82) is 0 Å². The first-order chi connectivity index (χ1) is 14.9. The van der Waals surface area contributed by atoms with E-state index in [1.165, 1.54) is 15.7 Å². The lowest BCUT2D eigenvalue weighted by Crippen LogP contribution is -2.27. The van der Waals surface area contributed by atoms with Crippen LogP contribution in [0.25, 0.3) is 17.0 Å². The summed E-state index contributed by atoms with van der Waals surface area (Å²) in [7, 11) is -1.19. The van der Waals surface area contributed by atoms with Crippen LogP contribution in [-0.2, 0) is 14.3 Å². The lowest BCUT2D eigenvalue weighted by Gasteiger charge is -2.20. The fourth-order valence-corrected chi connectivity index (χ4v) is 3.63. The number of rotatable bonds is 9. The van der Waals surface area contributed by atoms with E-state index in [4.69, 9.17) is 15.2 Å². The van der Waals surface area contributed by atoms with Gasteiger partial charge in [0.05, 0.1) is 11.2 Å². The Bertz CT molecular complexity index is 997. The van der Waals surface area contributed by atoms with Gasteiger partial charge in [0.1, 0.15) is 12.3 Å². The van der Waals surface area contributed by atoms with Crippen molar-refractivity contribution < 1.29 is 19.1 Å². The summed E-state index contributed by atoms with van der Waals surface area (Å²) >= 11 is 0. The highest BCUT2D eigenvalue weighted by molar-refractivity contribution is 6.76. The minimum atomic E-state index is -1.19. The summed E-state index contributed by atoms with van der Waals surface area (Å²) in [6, 6.07) is 10.5. The molecule has 0 bridgehead atoms. The van der Waals surface area contributed by atoms with E-state index >= 15 is 0 Å². The summed E-state index contributed by atoms with van der Waals surface area (Å²) in [5.41, 5.74) is 7.19.